The highest BCUT2D eigenvalue weighted by molar-refractivity contribution is 7.99. The summed E-state index contributed by atoms with van der Waals surface area (Å²) in [4.78, 5) is 12.1. The van der Waals surface area contributed by atoms with Crippen molar-refractivity contribution in [2.75, 3.05) is 23.8 Å². The molecule has 7 nitrogen and oxygen atoms in total. The molecule has 0 spiro atoms. The Labute approximate surface area is 178 Å². The number of para-hydroxylation sites is 1. The Balaban J connectivity index is 1.76. The van der Waals surface area contributed by atoms with Gasteiger partial charge in [-0.25, -0.2) is 12.8 Å². The van der Waals surface area contributed by atoms with Gasteiger partial charge in [-0.3, -0.25) is 9.36 Å². The molecule has 0 saturated heterocycles. The molecule has 0 fully saturated rings. The fourth-order valence-corrected chi connectivity index (χ4v) is 4.11. The molecule has 1 aromatic heterocycles. The van der Waals surface area contributed by atoms with Crippen molar-refractivity contribution in [2.24, 2.45) is 0 Å². The number of halogens is 1. The third kappa shape index (κ3) is 5.67. The third-order valence-corrected chi connectivity index (χ3v) is 6.89. The summed E-state index contributed by atoms with van der Waals surface area (Å²) in [7, 11) is -3.13. The van der Waals surface area contributed by atoms with Crippen molar-refractivity contribution in [1.29, 1.82) is 0 Å². The summed E-state index contributed by atoms with van der Waals surface area (Å²) in [5.74, 6) is -0.101. The van der Waals surface area contributed by atoms with E-state index in [1.807, 2.05) is 30.3 Å². The van der Waals surface area contributed by atoms with E-state index in [2.05, 4.69) is 15.5 Å². The van der Waals surface area contributed by atoms with E-state index >= 15 is 0 Å². The van der Waals surface area contributed by atoms with Crippen LogP contribution in [0.1, 0.15) is 6.92 Å². The zero-order chi connectivity index (χ0) is 21.6. The van der Waals surface area contributed by atoms with Crippen LogP contribution in [-0.2, 0) is 14.6 Å². The van der Waals surface area contributed by atoms with Crippen LogP contribution < -0.4 is 5.32 Å². The summed E-state index contributed by atoms with van der Waals surface area (Å²) < 4.78 is 38.1. The van der Waals surface area contributed by atoms with E-state index in [0.717, 1.165) is 5.69 Å². The van der Waals surface area contributed by atoms with Crippen molar-refractivity contribution in [1.82, 2.24) is 20.1 Å². The zero-order valence-corrected chi connectivity index (χ0v) is 17.9. The van der Waals surface area contributed by atoms with Crippen LogP contribution in [-0.4, -0.2) is 52.9 Å². The van der Waals surface area contributed by atoms with E-state index < -0.39 is 9.84 Å². The lowest BCUT2D eigenvalue weighted by Gasteiger charge is -2.10. The molecule has 0 saturated carbocycles. The number of benzene rings is 2. The smallest absolute Gasteiger partial charge is 0.230 e. The minimum absolute atomic E-state index is 0.0456. The Morgan fingerprint density at radius 3 is 2.47 bits per heavy atom. The first-order valence-electron chi connectivity index (χ1n) is 9.26. The number of hydrogen-bond donors (Lipinski definition) is 1. The Hall–Kier alpha value is -2.72. The standard InChI is InChI=1S/C20H21FN4O3S2/c1-2-30(27,28)13-12-22-18(26)14-29-20-24-23-19(15-8-10-16(21)11-9-15)25(20)17-6-4-3-5-7-17/h3-11H,2,12-14H2,1H3,(H,22,26). The van der Waals surface area contributed by atoms with Gasteiger partial charge in [0.05, 0.1) is 11.5 Å². The minimum Gasteiger partial charge on any atom is -0.354 e. The van der Waals surface area contributed by atoms with E-state index in [1.54, 1.807) is 23.6 Å². The van der Waals surface area contributed by atoms with Gasteiger partial charge < -0.3 is 5.32 Å². The second-order valence-electron chi connectivity index (χ2n) is 6.36. The number of hydrogen-bond acceptors (Lipinski definition) is 6. The minimum atomic E-state index is -3.13. The molecule has 0 unspecified atom stereocenters. The molecule has 158 valence electrons. The van der Waals surface area contributed by atoms with Gasteiger partial charge in [0.1, 0.15) is 5.82 Å². The van der Waals surface area contributed by atoms with Crippen molar-refractivity contribution in [3.05, 3.63) is 60.4 Å². The largest absolute Gasteiger partial charge is 0.354 e. The van der Waals surface area contributed by atoms with Crippen LogP contribution in [0, 0.1) is 5.82 Å². The highest BCUT2D eigenvalue weighted by atomic mass is 32.2. The van der Waals surface area contributed by atoms with Crippen LogP contribution in [0.15, 0.2) is 59.8 Å². The van der Waals surface area contributed by atoms with Gasteiger partial charge in [-0.05, 0) is 36.4 Å². The second-order valence-corrected chi connectivity index (χ2v) is 9.77. The maximum absolute atomic E-state index is 13.3. The normalized spacial score (nSPS) is 11.4. The van der Waals surface area contributed by atoms with Crippen LogP contribution >= 0.6 is 11.8 Å². The highest BCUT2D eigenvalue weighted by Crippen LogP contribution is 2.27. The first kappa shape index (κ1) is 22.0. The Kier molecular flexibility index (Phi) is 7.22. The van der Waals surface area contributed by atoms with Crippen LogP contribution in [0.4, 0.5) is 4.39 Å². The number of carbonyl (C=O) groups excluding carboxylic acids is 1. The topological polar surface area (TPSA) is 93.9 Å². The number of sulfone groups is 1. The Morgan fingerprint density at radius 2 is 1.80 bits per heavy atom. The van der Waals surface area contributed by atoms with Gasteiger partial charge in [-0.1, -0.05) is 36.9 Å². The van der Waals surface area contributed by atoms with Crippen molar-refractivity contribution >= 4 is 27.5 Å². The van der Waals surface area contributed by atoms with E-state index in [-0.39, 0.29) is 35.5 Å². The van der Waals surface area contributed by atoms with Crippen LogP contribution in [0.2, 0.25) is 0 Å². The van der Waals surface area contributed by atoms with Gasteiger partial charge in [-0.15, -0.1) is 10.2 Å². The summed E-state index contributed by atoms with van der Waals surface area (Å²) in [6.07, 6.45) is 0. The molecule has 0 aliphatic rings. The molecule has 10 heteroatoms. The molecular weight excluding hydrogens is 427 g/mol. The monoisotopic (exact) mass is 448 g/mol. The number of nitrogens with one attached hydrogen (secondary N) is 1. The van der Waals surface area contributed by atoms with Gasteiger partial charge in [0, 0.05) is 23.5 Å². The Morgan fingerprint density at radius 1 is 1.10 bits per heavy atom. The number of nitrogens with zero attached hydrogens (tertiary/aromatic N) is 3. The van der Waals surface area contributed by atoms with Crippen LogP contribution in [0.5, 0.6) is 0 Å². The van der Waals surface area contributed by atoms with Crippen LogP contribution in [0.25, 0.3) is 17.1 Å². The summed E-state index contributed by atoms with van der Waals surface area (Å²) >= 11 is 1.19. The van der Waals surface area contributed by atoms with Crippen molar-refractivity contribution in [2.45, 2.75) is 12.1 Å². The predicted molar refractivity (Wildman–Crippen MR) is 115 cm³/mol. The predicted octanol–water partition coefficient (Wildman–Crippen LogP) is 2.72. The van der Waals surface area contributed by atoms with Gasteiger partial charge in [0.2, 0.25) is 5.91 Å². The average molecular weight is 449 g/mol. The molecule has 2 aromatic carbocycles. The van der Waals surface area contributed by atoms with E-state index in [1.165, 1.54) is 23.9 Å². The van der Waals surface area contributed by atoms with Gasteiger partial charge in [0.15, 0.2) is 20.8 Å². The molecule has 0 aliphatic carbocycles. The van der Waals surface area contributed by atoms with Gasteiger partial charge >= 0.3 is 0 Å². The number of aromatic nitrogens is 3. The molecule has 0 radical (unpaired) electrons. The molecule has 0 aliphatic heterocycles. The molecule has 3 aromatic rings. The number of rotatable bonds is 9. The van der Waals surface area contributed by atoms with Gasteiger partial charge in [-0.2, -0.15) is 0 Å². The Bertz CT molecular complexity index is 1100. The zero-order valence-electron chi connectivity index (χ0n) is 16.3. The molecule has 1 N–H and O–H groups in total. The number of carbonyl (C=O) groups is 1. The molecule has 1 heterocycles. The molecular formula is C20H21FN4O3S2. The van der Waals surface area contributed by atoms with E-state index in [9.17, 15) is 17.6 Å². The summed E-state index contributed by atoms with van der Waals surface area (Å²) in [6.45, 7) is 1.64. The first-order chi connectivity index (χ1) is 14.4. The second kappa shape index (κ2) is 9.86. The van der Waals surface area contributed by atoms with Crippen molar-refractivity contribution in [3.8, 4) is 17.1 Å². The summed E-state index contributed by atoms with van der Waals surface area (Å²) in [5, 5.41) is 11.5. The highest BCUT2D eigenvalue weighted by Gasteiger charge is 2.17. The summed E-state index contributed by atoms with van der Waals surface area (Å²) in [5.41, 5.74) is 1.49. The van der Waals surface area contributed by atoms with E-state index in [4.69, 9.17) is 0 Å². The molecule has 0 bridgehead atoms. The molecule has 3 rings (SSSR count). The third-order valence-electron chi connectivity index (χ3n) is 4.26. The lowest BCUT2D eigenvalue weighted by atomic mass is 10.2. The maximum atomic E-state index is 13.3. The quantitative estimate of drug-likeness (QED) is 0.506. The molecule has 30 heavy (non-hydrogen) atoms. The number of thioether (sulfide) groups is 1. The number of amides is 1. The van der Waals surface area contributed by atoms with Crippen molar-refractivity contribution < 1.29 is 17.6 Å². The molecule has 0 atom stereocenters. The maximum Gasteiger partial charge on any atom is 0.230 e. The van der Waals surface area contributed by atoms with Gasteiger partial charge in [0.25, 0.3) is 0 Å². The first-order valence-corrected chi connectivity index (χ1v) is 12.1. The summed E-state index contributed by atoms with van der Waals surface area (Å²) in [6, 6.07) is 15.3. The molecule has 1 amide bonds. The van der Waals surface area contributed by atoms with E-state index in [0.29, 0.717) is 16.5 Å². The lowest BCUT2D eigenvalue weighted by Crippen LogP contribution is -2.30. The fourth-order valence-electron chi connectivity index (χ4n) is 2.63. The lowest BCUT2D eigenvalue weighted by molar-refractivity contribution is -0.118. The SMILES string of the molecule is CCS(=O)(=O)CCNC(=O)CSc1nnc(-c2ccc(F)cc2)n1-c1ccccc1. The average Bonchev–Trinajstić information content (AvgIpc) is 3.17. The van der Waals surface area contributed by atoms with Crippen molar-refractivity contribution in [3.63, 3.8) is 0 Å². The fraction of sp³-hybridized carbons (Fsp3) is 0.250. The van der Waals surface area contributed by atoms with Crippen LogP contribution in [0.3, 0.4) is 0 Å².